The molecule has 1 amide bonds. The molecule has 0 saturated carbocycles. The van der Waals surface area contributed by atoms with Crippen LogP contribution >= 0.6 is 0 Å². The Morgan fingerprint density at radius 3 is 3.11 bits per heavy atom. The van der Waals surface area contributed by atoms with E-state index < -0.39 is 0 Å². The average Bonchev–Trinajstić information content (AvgIpc) is 2.93. The lowest BCUT2D eigenvalue weighted by Gasteiger charge is -2.20. The summed E-state index contributed by atoms with van der Waals surface area (Å²) in [5, 5.41) is 6.25. The number of nitrogens with one attached hydrogen (secondary N) is 2. The van der Waals surface area contributed by atoms with E-state index in [0.717, 1.165) is 25.2 Å². The monoisotopic (exact) mass is 242 g/mol. The number of furan rings is 1. The molecule has 0 bridgehead atoms. The molecule has 1 aromatic carbocycles. The minimum absolute atomic E-state index is 0.136. The lowest BCUT2D eigenvalue weighted by Crippen LogP contribution is -2.25. The molecule has 0 saturated heterocycles. The van der Waals surface area contributed by atoms with Crippen molar-refractivity contribution in [2.75, 3.05) is 11.9 Å². The molecule has 0 atom stereocenters. The van der Waals surface area contributed by atoms with E-state index in [1.54, 1.807) is 6.07 Å². The van der Waals surface area contributed by atoms with E-state index in [1.165, 1.54) is 23.7 Å². The van der Waals surface area contributed by atoms with Crippen LogP contribution in [-0.2, 0) is 13.0 Å². The van der Waals surface area contributed by atoms with Crippen LogP contribution in [0.25, 0.3) is 0 Å². The average molecular weight is 242 g/mol. The van der Waals surface area contributed by atoms with E-state index in [-0.39, 0.29) is 5.91 Å². The third kappa shape index (κ3) is 2.02. The second-order valence-corrected chi connectivity index (χ2v) is 4.34. The van der Waals surface area contributed by atoms with Gasteiger partial charge >= 0.3 is 0 Å². The van der Waals surface area contributed by atoms with E-state index in [1.807, 2.05) is 12.1 Å². The minimum atomic E-state index is -0.136. The Morgan fingerprint density at radius 2 is 2.28 bits per heavy atom. The molecule has 1 aliphatic heterocycles. The van der Waals surface area contributed by atoms with Crippen LogP contribution in [0.1, 0.15) is 21.5 Å². The maximum Gasteiger partial charge on any atom is 0.258 e. The fourth-order valence-corrected chi connectivity index (χ4v) is 2.22. The molecule has 0 fully saturated rings. The second-order valence-electron chi connectivity index (χ2n) is 4.34. The molecule has 0 spiro atoms. The number of carbonyl (C=O) groups is 1. The van der Waals surface area contributed by atoms with Crippen LogP contribution < -0.4 is 10.6 Å². The molecule has 18 heavy (non-hydrogen) atoms. The van der Waals surface area contributed by atoms with Crippen molar-refractivity contribution in [2.45, 2.75) is 13.0 Å². The summed E-state index contributed by atoms with van der Waals surface area (Å²) in [6.45, 7) is 1.79. The number of benzene rings is 1. The van der Waals surface area contributed by atoms with Gasteiger partial charge in [-0.2, -0.15) is 0 Å². The largest absolute Gasteiger partial charge is 0.472 e. The van der Waals surface area contributed by atoms with Crippen LogP contribution in [0.3, 0.4) is 0 Å². The number of hydrogen-bond donors (Lipinski definition) is 2. The molecule has 1 aliphatic rings. The third-order valence-electron chi connectivity index (χ3n) is 3.18. The SMILES string of the molecule is O=C(Nc1cccc2c1CNCC2)c1ccoc1. The highest BCUT2D eigenvalue weighted by Gasteiger charge is 2.15. The van der Waals surface area contributed by atoms with Crippen molar-refractivity contribution in [1.29, 1.82) is 0 Å². The molecule has 92 valence electrons. The van der Waals surface area contributed by atoms with Crippen LogP contribution in [0.5, 0.6) is 0 Å². The fourth-order valence-electron chi connectivity index (χ4n) is 2.22. The van der Waals surface area contributed by atoms with E-state index in [2.05, 4.69) is 16.7 Å². The van der Waals surface area contributed by atoms with Crippen molar-refractivity contribution >= 4 is 11.6 Å². The van der Waals surface area contributed by atoms with Gasteiger partial charge in [0, 0.05) is 12.2 Å². The topological polar surface area (TPSA) is 54.3 Å². The Kier molecular flexibility index (Phi) is 2.86. The first-order valence-corrected chi connectivity index (χ1v) is 5.99. The van der Waals surface area contributed by atoms with Crippen molar-refractivity contribution in [1.82, 2.24) is 5.32 Å². The van der Waals surface area contributed by atoms with E-state index in [4.69, 9.17) is 4.42 Å². The summed E-state index contributed by atoms with van der Waals surface area (Å²) >= 11 is 0. The molecule has 0 aliphatic carbocycles. The van der Waals surface area contributed by atoms with Gasteiger partial charge in [0.05, 0.1) is 11.8 Å². The Bertz CT molecular complexity index is 561. The zero-order chi connectivity index (χ0) is 12.4. The Hall–Kier alpha value is -2.07. The van der Waals surface area contributed by atoms with Gasteiger partial charge in [-0.3, -0.25) is 4.79 Å². The first kappa shape index (κ1) is 11.0. The molecule has 4 nitrogen and oxygen atoms in total. The summed E-state index contributed by atoms with van der Waals surface area (Å²) in [5.41, 5.74) is 3.90. The standard InChI is InChI=1S/C14H14N2O2/c17-14(11-5-7-18-9-11)16-13-3-1-2-10-4-6-15-8-12(10)13/h1-3,5,7,9,15H,4,6,8H2,(H,16,17). The molecular formula is C14H14N2O2. The van der Waals surface area contributed by atoms with Crippen LogP contribution in [0.2, 0.25) is 0 Å². The molecule has 4 heteroatoms. The molecule has 2 heterocycles. The Balaban J connectivity index is 1.87. The summed E-state index contributed by atoms with van der Waals surface area (Å²) in [6, 6.07) is 7.69. The molecule has 0 radical (unpaired) electrons. The zero-order valence-electron chi connectivity index (χ0n) is 9.90. The summed E-state index contributed by atoms with van der Waals surface area (Å²) in [6.07, 6.45) is 3.95. The van der Waals surface area contributed by atoms with Gasteiger partial charge in [0.25, 0.3) is 5.91 Å². The first-order valence-electron chi connectivity index (χ1n) is 5.99. The lowest BCUT2D eigenvalue weighted by molar-refractivity contribution is 0.102. The van der Waals surface area contributed by atoms with Crippen molar-refractivity contribution in [2.24, 2.45) is 0 Å². The van der Waals surface area contributed by atoms with Gasteiger partial charge in [0.2, 0.25) is 0 Å². The number of rotatable bonds is 2. The van der Waals surface area contributed by atoms with Gasteiger partial charge in [-0.15, -0.1) is 0 Å². The summed E-state index contributed by atoms with van der Waals surface area (Å²) in [5.74, 6) is -0.136. The van der Waals surface area contributed by atoms with E-state index >= 15 is 0 Å². The zero-order valence-corrected chi connectivity index (χ0v) is 9.90. The summed E-state index contributed by atoms with van der Waals surface area (Å²) in [4.78, 5) is 12.0. The number of anilines is 1. The Morgan fingerprint density at radius 1 is 1.33 bits per heavy atom. The van der Waals surface area contributed by atoms with E-state index in [0.29, 0.717) is 5.56 Å². The van der Waals surface area contributed by atoms with Crippen molar-refractivity contribution in [3.05, 3.63) is 53.5 Å². The highest BCUT2D eigenvalue weighted by molar-refractivity contribution is 6.04. The Labute approximate surface area is 105 Å². The summed E-state index contributed by atoms with van der Waals surface area (Å²) in [7, 11) is 0. The quantitative estimate of drug-likeness (QED) is 0.848. The van der Waals surface area contributed by atoms with Gasteiger partial charge in [-0.25, -0.2) is 0 Å². The molecule has 2 aromatic rings. The molecule has 2 N–H and O–H groups in total. The molecular weight excluding hydrogens is 228 g/mol. The number of amides is 1. The van der Waals surface area contributed by atoms with Crippen molar-refractivity contribution in [3.8, 4) is 0 Å². The smallest absolute Gasteiger partial charge is 0.258 e. The fraction of sp³-hybridized carbons (Fsp3) is 0.214. The summed E-state index contributed by atoms with van der Waals surface area (Å²) < 4.78 is 4.91. The molecule has 3 rings (SSSR count). The van der Waals surface area contributed by atoms with Gasteiger partial charge in [0.1, 0.15) is 6.26 Å². The van der Waals surface area contributed by atoms with Gasteiger partial charge in [-0.05, 0) is 36.2 Å². The maximum atomic E-state index is 12.0. The van der Waals surface area contributed by atoms with Gasteiger partial charge in [0.15, 0.2) is 0 Å². The van der Waals surface area contributed by atoms with Crippen molar-refractivity contribution < 1.29 is 9.21 Å². The second kappa shape index (κ2) is 4.66. The minimum Gasteiger partial charge on any atom is -0.472 e. The van der Waals surface area contributed by atoms with Crippen LogP contribution in [0.4, 0.5) is 5.69 Å². The van der Waals surface area contributed by atoms with Crippen molar-refractivity contribution in [3.63, 3.8) is 0 Å². The maximum absolute atomic E-state index is 12.0. The van der Waals surface area contributed by atoms with Gasteiger partial charge in [-0.1, -0.05) is 12.1 Å². The van der Waals surface area contributed by atoms with Crippen LogP contribution in [-0.4, -0.2) is 12.5 Å². The van der Waals surface area contributed by atoms with Crippen LogP contribution in [0, 0.1) is 0 Å². The highest BCUT2D eigenvalue weighted by atomic mass is 16.3. The van der Waals surface area contributed by atoms with E-state index in [9.17, 15) is 4.79 Å². The number of fused-ring (bicyclic) bond motifs is 1. The highest BCUT2D eigenvalue weighted by Crippen LogP contribution is 2.23. The van der Waals surface area contributed by atoms with Crippen LogP contribution in [0.15, 0.2) is 41.2 Å². The third-order valence-corrected chi connectivity index (χ3v) is 3.18. The normalized spacial score (nSPS) is 14.0. The number of carbonyl (C=O) groups excluding carboxylic acids is 1. The molecule has 1 aromatic heterocycles. The number of hydrogen-bond acceptors (Lipinski definition) is 3. The molecule has 0 unspecified atom stereocenters. The lowest BCUT2D eigenvalue weighted by atomic mass is 9.99. The predicted molar refractivity (Wildman–Crippen MR) is 68.5 cm³/mol. The predicted octanol–water partition coefficient (Wildman–Crippen LogP) is 2.18. The first-order chi connectivity index (χ1) is 8.84. The van der Waals surface area contributed by atoms with Gasteiger partial charge < -0.3 is 15.1 Å².